The zero-order valence-electron chi connectivity index (χ0n) is 11.4. The first-order valence-electron chi connectivity index (χ1n) is 5.83. The molecule has 0 radical (unpaired) electrons. The highest BCUT2D eigenvalue weighted by Crippen LogP contribution is 2.59. The van der Waals surface area contributed by atoms with Crippen molar-refractivity contribution in [2.24, 2.45) is 5.41 Å². The SMILES string of the molecule is O=C(Nc1ccc(N([O-])O)cc1)C(C(F)(F)F)(C(F)(F)F)C(F)(F)F. The minimum atomic E-state index is -7.04. The van der Waals surface area contributed by atoms with E-state index in [0.29, 0.717) is 24.3 Å². The number of hydrogen-bond donors (Lipinski definition) is 2. The Labute approximate surface area is 132 Å². The van der Waals surface area contributed by atoms with Crippen molar-refractivity contribution in [3.63, 3.8) is 0 Å². The molecule has 0 spiro atoms. The molecule has 0 heterocycles. The molecule has 1 rings (SSSR count). The molecule has 14 heteroatoms. The molecule has 142 valence electrons. The predicted molar refractivity (Wildman–Crippen MR) is 63.3 cm³/mol. The van der Waals surface area contributed by atoms with E-state index in [2.05, 4.69) is 0 Å². The number of alkyl halides is 9. The van der Waals surface area contributed by atoms with Gasteiger partial charge in [-0.2, -0.15) is 39.5 Å². The van der Waals surface area contributed by atoms with E-state index in [9.17, 15) is 49.5 Å². The molecule has 25 heavy (non-hydrogen) atoms. The summed E-state index contributed by atoms with van der Waals surface area (Å²) in [5.41, 5.74) is -8.11. The third kappa shape index (κ3) is 3.58. The number of amides is 1. The summed E-state index contributed by atoms with van der Waals surface area (Å²) in [6.45, 7) is 0. The third-order valence-electron chi connectivity index (χ3n) is 2.96. The van der Waals surface area contributed by atoms with Crippen LogP contribution in [-0.4, -0.2) is 29.6 Å². The Kier molecular flexibility index (Phi) is 5.21. The quantitative estimate of drug-likeness (QED) is 0.610. The fourth-order valence-electron chi connectivity index (χ4n) is 1.77. The first-order chi connectivity index (χ1) is 11.1. The number of halogens is 9. The van der Waals surface area contributed by atoms with Crippen molar-refractivity contribution in [1.82, 2.24) is 0 Å². The Balaban J connectivity index is 3.39. The molecule has 1 aromatic rings. The highest BCUT2D eigenvalue weighted by Gasteiger charge is 2.88. The largest absolute Gasteiger partial charge is 0.733 e. The monoisotopic (exact) mass is 385 g/mol. The van der Waals surface area contributed by atoms with Crippen LogP contribution in [0.15, 0.2) is 24.3 Å². The summed E-state index contributed by atoms with van der Waals surface area (Å²) in [4.78, 5) is 11.4. The molecule has 0 fully saturated rings. The van der Waals surface area contributed by atoms with Gasteiger partial charge in [-0.25, -0.2) is 0 Å². The van der Waals surface area contributed by atoms with E-state index in [0.717, 1.165) is 5.32 Å². The standard InChI is InChI=1S/C11H6F9N2O3/c12-9(13,14)8(10(15,16)17,11(18,19)20)7(23)21-5-1-3-6(4-2-5)22(24)25/h1-4,24H,(H,21,23)/q-1. The molecule has 2 N–H and O–H groups in total. The average Bonchev–Trinajstić information content (AvgIpc) is 2.33. The summed E-state index contributed by atoms with van der Waals surface area (Å²) in [7, 11) is 0. The van der Waals surface area contributed by atoms with Gasteiger partial charge in [0, 0.05) is 5.69 Å². The van der Waals surface area contributed by atoms with Gasteiger partial charge >= 0.3 is 23.9 Å². The number of carbonyl (C=O) groups excluding carboxylic acids is 1. The molecular formula is C11H6F9N2O3-. The van der Waals surface area contributed by atoms with Gasteiger partial charge in [-0.1, -0.05) is 0 Å². The molecule has 0 unspecified atom stereocenters. The first-order valence-corrected chi connectivity index (χ1v) is 5.83. The third-order valence-corrected chi connectivity index (χ3v) is 2.96. The molecule has 0 aliphatic heterocycles. The Hall–Kier alpha value is -2.22. The van der Waals surface area contributed by atoms with Crippen molar-refractivity contribution in [3.05, 3.63) is 29.5 Å². The maximum atomic E-state index is 12.7. The Morgan fingerprint density at radius 2 is 1.24 bits per heavy atom. The maximum Gasteiger partial charge on any atom is 0.421 e. The average molecular weight is 385 g/mol. The number of benzene rings is 1. The number of carbonyl (C=O) groups is 1. The van der Waals surface area contributed by atoms with Crippen LogP contribution in [0.3, 0.4) is 0 Å². The Morgan fingerprint density at radius 3 is 1.52 bits per heavy atom. The zero-order valence-corrected chi connectivity index (χ0v) is 11.4. The lowest BCUT2D eigenvalue weighted by atomic mass is 9.84. The number of nitrogens with zero attached hydrogens (tertiary/aromatic N) is 1. The molecule has 0 saturated heterocycles. The van der Waals surface area contributed by atoms with Crippen molar-refractivity contribution in [2.45, 2.75) is 18.5 Å². The van der Waals surface area contributed by atoms with Crippen LogP contribution in [0.5, 0.6) is 0 Å². The summed E-state index contributed by atoms with van der Waals surface area (Å²) in [6, 6.07) is 2.28. The molecule has 0 saturated carbocycles. The van der Waals surface area contributed by atoms with Crippen molar-refractivity contribution in [2.75, 3.05) is 10.5 Å². The van der Waals surface area contributed by atoms with Crippen molar-refractivity contribution in [1.29, 1.82) is 0 Å². The van der Waals surface area contributed by atoms with Crippen molar-refractivity contribution >= 4 is 17.3 Å². The second-order valence-corrected chi connectivity index (χ2v) is 4.52. The molecule has 0 atom stereocenters. The number of nitrogens with one attached hydrogen (secondary N) is 1. The topological polar surface area (TPSA) is 75.6 Å². The molecule has 5 nitrogen and oxygen atoms in total. The molecule has 0 aliphatic rings. The van der Waals surface area contributed by atoms with Gasteiger partial charge in [0.05, 0.1) is 5.69 Å². The van der Waals surface area contributed by atoms with Crippen LogP contribution in [0.2, 0.25) is 0 Å². The lowest BCUT2D eigenvalue weighted by molar-refractivity contribution is -0.405. The minimum Gasteiger partial charge on any atom is -0.733 e. The molecule has 0 bridgehead atoms. The highest BCUT2D eigenvalue weighted by atomic mass is 19.4. The van der Waals surface area contributed by atoms with Crippen LogP contribution >= 0.6 is 0 Å². The van der Waals surface area contributed by atoms with E-state index >= 15 is 0 Å². The van der Waals surface area contributed by atoms with E-state index in [1.807, 2.05) is 0 Å². The van der Waals surface area contributed by atoms with Crippen LogP contribution in [-0.2, 0) is 4.79 Å². The molecule has 0 aliphatic carbocycles. The van der Waals surface area contributed by atoms with Crippen LogP contribution in [0.4, 0.5) is 50.9 Å². The van der Waals surface area contributed by atoms with E-state index < -0.39 is 46.5 Å². The number of anilines is 2. The van der Waals surface area contributed by atoms with Crippen molar-refractivity contribution < 1.29 is 49.5 Å². The van der Waals surface area contributed by atoms with Crippen LogP contribution in [0.1, 0.15) is 0 Å². The Bertz CT molecular complexity index is 584. The van der Waals surface area contributed by atoms with E-state index in [4.69, 9.17) is 5.21 Å². The smallest absolute Gasteiger partial charge is 0.421 e. The number of hydrogen-bond acceptors (Lipinski definition) is 4. The van der Waals surface area contributed by atoms with Gasteiger partial charge in [-0.15, -0.1) is 0 Å². The molecular weight excluding hydrogens is 379 g/mol. The Morgan fingerprint density at radius 1 is 0.880 bits per heavy atom. The van der Waals surface area contributed by atoms with E-state index in [-0.39, 0.29) is 0 Å². The minimum absolute atomic E-state index is 0.516. The van der Waals surface area contributed by atoms with E-state index in [1.165, 1.54) is 0 Å². The fraction of sp³-hybridized carbons (Fsp3) is 0.364. The van der Waals surface area contributed by atoms with Gasteiger partial charge < -0.3 is 15.8 Å². The molecule has 0 aromatic heterocycles. The van der Waals surface area contributed by atoms with Gasteiger partial charge in [0.1, 0.15) is 0 Å². The number of rotatable bonds is 3. The second-order valence-electron chi connectivity index (χ2n) is 4.52. The molecule has 1 aromatic carbocycles. The summed E-state index contributed by atoms with van der Waals surface area (Å²) >= 11 is 0. The summed E-state index contributed by atoms with van der Waals surface area (Å²) in [6.07, 6.45) is -21.1. The fourth-order valence-corrected chi connectivity index (χ4v) is 1.77. The highest BCUT2D eigenvalue weighted by molar-refractivity contribution is 5.97. The lowest BCUT2D eigenvalue weighted by Gasteiger charge is -2.36. The lowest BCUT2D eigenvalue weighted by Crippen LogP contribution is -2.65. The summed E-state index contributed by atoms with van der Waals surface area (Å²) in [5.74, 6) is -3.42. The zero-order chi connectivity index (χ0) is 19.8. The van der Waals surface area contributed by atoms with Gasteiger partial charge in [-0.3, -0.25) is 10.0 Å². The van der Waals surface area contributed by atoms with Gasteiger partial charge in [0.2, 0.25) is 0 Å². The van der Waals surface area contributed by atoms with Gasteiger partial charge in [0.25, 0.3) is 5.91 Å². The van der Waals surface area contributed by atoms with Crippen LogP contribution in [0.25, 0.3) is 0 Å². The first kappa shape index (κ1) is 20.8. The normalized spacial score (nSPS) is 13.6. The van der Waals surface area contributed by atoms with Crippen LogP contribution < -0.4 is 10.5 Å². The van der Waals surface area contributed by atoms with Gasteiger partial charge in [-0.05, 0) is 24.3 Å². The summed E-state index contributed by atoms with van der Waals surface area (Å²) < 4.78 is 114. The predicted octanol–water partition coefficient (Wildman–Crippen LogP) is 3.99. The van der Waals surface area contributed by atoms with Crippen LogP contribution in [0, 0.1) is 10.6 Å². The van der Waals surface area contributed by atoms with E-state index in [1.54, 1.807) is 0 Å². The molecule has 1 amide bonds. The van der Waals surface area contributed by atoms with Crippen molar-refractivity contribution in [3.8, 4) is 0 Å². The second kappa shape index (κ2) is 6.25. The van der Waals surface area contributed by atoms with Gasteiger partial charge in [0.15, 0.2) is 0 Å². The summed E-state index contributed by atoms with van der Waals surface area (Å²) in [5, 5.41) is 19.1. The maximum absolute atomic E-state index is 12.7.